The molecule has 0 amide bonds. The van der Waals surface area contributed by atoms with Crippen LogP contribution in [0.3, 0.4) is 0 Å². The number of ketones is 2. The van der Waals surface area contributed by atoms with Crippen molar-refractivity contribution in [2.75, 3.05) is 0 Å². The molecule has 1 atom stereocenters. The minimum absolute atomic E-state index is 0.0398. The summed E-state index contributed by atoms with van der Waals surface area (Å²) in [4.78, 5) is 24.2. The number of hydrogen-bond acceptors (Lipinski definition) is 5. The summed E-state index contributed by atoms with van der Waals surface area (Å²) in [7, 11) is -1.10. The van der Waals surface area contributed by atoms with Gasteiger partial charge < -0.3 is 15.4 Å². The van der Waals surface area contributed by atoms with E-state index in [9.17, 15) is 14.6 Å². The van der Waals surface area contributed by atoms with Crippen molar-refractivity contribution < 1.29 is 19.3 Å². The van der Waals surface area contributed by atoms with Crippen LogP contribution in [0.1, 0.15) is 40.4 Å². The monoisotopic (exact) mass is 351 g/mol. The van der Waals surface area contributed by atoms with Crippen molar-refractivity contribution in [1.29, 1.82) is 0 Å². The molecule has 1 heterocycles. The lowest BCUT2D eigenvalue weighted by Crippen LogP contribution is -2.36. The van der Waals surface area contributed by atoms with Gasteiger partial charge in [-0.1, -0.05) is 36.4 Å². The first kappa shape index (κ1) is 18.4. The zero-order valence-corrected chi connectivity index (χ0v) is 14.8. The third kappa shape index (κ3) is 4.03. The number of carbonyl (C=O) groups excluding carboxylic acids is 2. The molecule has 0 aliphatic carbocycles. The molecule has 5 nitrogen and oxygen atoms in total. The van der Waals surface area contributed by atoms with Crippen molar-refractivity contribution in [2.24, 2.45) is 5.73 Å². The summed E-state index contributed by atoms with van der Waals surface area (Å²) in [6.07, 6.45) is 1.03. The van der Waals surface area contributed by atoms with E-state index in [-0.39, 0.29) is 23.8 Å². The topological polar surface area (TPSA) is 89.6 Å². The molecule has 0 unspecified atom stereocenters. The summed E-state index contributed by atoms with van der Waals surface area (Å²) in [6.45, 7) is 1.91. The third-order valence-electron chi connectivity index (χ3n) is 4.72. The second-order valence-electron chi connectivity index (χ2n) is 6.77. The fourth-order valence-corrected chi connectivity index (χ4v) is 3.39. The molecule has 0 radical (unpaired) electrons. The van der Waals surface area contributed by atoms with Crippen molar-refractivity contribution in [2.45, 2.75) is 38.5 Å². The van der Waals surface area contributed by atoms with Crippen molar-refractivity contribution in [3.05, 3.63) is 64.7 Å². The van der Waals surface area contributed by atoms with E-state index in [2.05, 4.69) is 0 Å². The van der Waals surface area contributed by atoms with Gasteiger partial charge in [0.15, 0.2) is 5.78 Å². The molecule has 0 aromatic heterocycles. The van der Waals surface area contributed by atoms with Gasteiger partial charge in [-0.2, -0.15) is 0 Å². The number of carbonyl (C=O) groups is 2. The fraction of sp³-hybridized carbons (Fsp3) is 0.300. The molecule has 0 fully saturated rings. The smallest absolute Gasteiger partial charge is 0.526 e. The van der Waals surface area contributed by atoms with E-state index in [1.54, 1.807) is 12.1 Å². The number of Topliss-reactive ketones (excluding diaryl/α,β-unsaturated/α-hetero) is 2. The van der Waals surface area contributed by atoms with Crippen LogP contribution in [0.2, 0.25) is 5.82 Å². The van der Waals surface area contributed by atoms with Gasteiger partial charge in [0.25, 0.3) is 0 Å². The number of fused-ring (bicyclic) bond motifs is 1. The molecule has 2 aromatic rings. The zero-order chi connectivity index (χ0) is 18.7. The van der Waals surface area contributed by atoms with Crippen LogP contribution in [0.5, 0.6) is 5.75 Å². The minimum atomic E-state index is -1.10. The first-order valence-electron chi connectivity index (χ1n) is 8.75. The highest BCUT2D eigenvalue weighted by molar-refractivity contribution is 6.47. The van der Waals surface area contributed by atoms with Crippen molar-refractivity contribution in [1.82, 2.24) is 0 Å². The van der Waals surface area contributed by atoms with Crippen LogP contribution in [0.25, 0.3) is 0 Å². The molecule has 0 bridgehead atoms. The van der Waals surface area contributed by atoms with Gasteiger partial charge in [0.05, 0.1) is 5.56 Å². The van der Waals surface area contributed by atoms with E-state index >= 15 is 0 Å². The molecule has 0 spiro atoms. The van der Waals surface area contributed by atoms with E-state index in [0.717, 1.165) is 16.7 Å². The van der Waals surface area contributed by atoms with Gasteiger partial charge in [-0.15, -0.1) is 0 Å². The summed E-state index contributed by atoms with van der Waals surface area (Å²) in [5, 5.41) is 10.3. The van der Waals surface area contributed by atoms with E-state index in [1.165, 1.54) is 6.92 Å². The molecule has 3 N–H and O–H groups in total. The van der Waals surface area contributed by atoms with Gasteiger partial charge in [0, 0.05) is 25.2 Å². The van der Waals surface area contributed by atoms with Gasteiger partial charge in [0.1, 0.15) is 11.5 Å². The summed E-state index contributed by atoms with van der Waals surface area (Å²) in [6, 6.07) is 13.0. The number of nitrogens with two attached hydrogens (primary N) is 1. The van der Waals surface area contributed by atoms with Gasteiger partial charge in [0.2, 0.25) is 0 Å². The Kier molecular flexibility index (Phi) is 5.54. The van der Waals surface area contributed by atoms with E-state index in [4.69, 9.17) is 10.4 Å². The maximum Gasteiger partial charge on any atom is 0.526 e. The molecule has 2 aromatic carbocycles. The maximum absolute atomic E-state index is 12.5. The van der Waals surface area contributed by atoms with Gasteiger partial charge in [-0.3, -0.25) is 9.59 Å². The Morgan fingerprint density at radius 2 is 1.96 bits per heavy atom. The Morgan fingerprint density at radius 3 is 2.69 bits per heavy atom. The summed E-state index contributed by atoms with van der Waals surface area (Å²) in [5.41, 5.74) is 8.86. The molecule has 0 saturated heterocycles. The Morgan fingerprint density at radius 1 is 1.23 bits per heavy atom. The average Bonchev–Trinajstić information content (AvgIpc) is 2.61. The first-order valence-corrected chi connectivity index (χ1v) is 8.75. The second kappa shape index (κ2) is 7.85. The molecule has 26 heavy (non-hydrogen) atoms. The Balaban J connectivity index is 1.70. The van der Waals surface area contributed by atoms with Crippen molar-refractivity contribution in [3.63, 3.8) is 0 Å². The summed E-state index contributed by atoms with van der Waals surface area (Å²) < 4.78 is 5.59. The number of rotatable bonds is 6. The largest absolute Gasteiger partial charge is 0.535 e. The van der Waals surface area contributed by atoms with Crippen LogP contribution >= 0.6 is 0 Å². The Hall–Kier alpha value is -2.44. The fourth-order valence-electron chi connectivity index (χ4n) is 3.39. The average molecular weight is 351 g/mol. The third-order valence-corrected chi connectivity index (χ3v) is 4.72. The van der Waals surface area contributed by atoms with E-state index < -0.39 is 7.12 Å². The van der Waals surface area contributed by atoms with Crippen LogP contribution in [-0.2, 0) is 24.2 Å². The molecule has 3 rings (SSSR count). The van der Waals surface area contributed by atoms with Crippen LogP contribution in [-0.4, -0.2) is 23.7 Å². The lowest BCUT2D eigenvalue weighted by atomic mass is 9.64. The van der Waals surface area contributed by atoms with Gasteiger partial charge in [-0.25, -0.2) is 0 Å². The predicted octanol–water partition coefficient (Wildman–Crippen LogP) is 2.34. The highest BCUT2D eigenvalue weighted by atomic mass is 16.5. The maximum atomic E-state index is 12.5. The molecular weight excluding hydrogens is 329 g/mol. The zero-order valence-electron chi connectivity index (χ0n) is 14.8. The lowest BCUT2D eigenvalue weighted by molar-refractivity contribution is -0.118. The van der Waals surface area contributed by atoms with Crippen LogP contribution < -0.4 is 10.4 Å². The van der Waals surface area contributed by atoms with Crippen LogP contribution in [0.15, 0.2) is 42.5 Å². The first-order chi connectivity index (χ1) is 12.5. The highest BCUT2D eigenvalue weighted by Crippen LogP contribution is 2.36. The number of hydrogen-bond donors (Lipinski definition) is 2. The number of benzene rings is 2. The highest BCUT2D eigenvalue weighted by Gasteiger charge is 2.37. The Labute approximate surface area is 153 Å². The van der Waals surface area contributed by atoms with Crippen LogP contribution in [0.4, 0.5) is 0 Å². The van der Waals surface area contributed by atoms with Crippen molar-refractivity contribution >= 4 is 18.7 Å². The van der Waals surface area contributed by atoms with Crippen LogP contribution in [0, 0.1) is 0 Å². The summed E-state index contributed by atoms with van der Waals surface area (Å²) >= 11 is 0. The van der Waals surface area contributed by atoms with Gasteiger partial charge in [-0.05, 0) is 36.1 Å². The number of para-hydroxylation sites is 1. The Bertz CT molecular complexity index is 836. The molecule has 1 aliphatic rings. The van der Waals surface area contributed by atoms with Crippen molar-refractivity contribution in [3.8, 4) is 5.75 Å². The molecule has 1 aliphatic heterocycles. The minimum Gasteiger partial charge on any atom is -0.535 e. The van der Waals surface area contributed by atoms with Gasteiger partial charge >= 0.3 is 7.12 Å². The predicted molar refractivity (Wildman–Crippen MR) is 100 cm³/mol. The summed E-state index contributed by atoms with van der Waals surface area (Å²) in [5.74, 6) is 0.0445. The van der Waals surface area contributed by atoms with E-state index in [0.29, 0.717) is 30.7 Å². The van der Waals surface area contributed by atoms with E-state index in [1.807, 2.05) is 30.3 Å². The quantitative estimate of drug-likeness (QED) is 0.616. The second-order valence-corrected chi connectivity index (χ2v) is 6.77. The normalized spacial score (nSPS) is 16.0. The standard InChI is InChI=1S/C20H22BNO4/c1-13(23)19-7-3-6-16-10-17(21(25)26-20(16)19)11-18(24)9-14-4-2-5-15(8-14)12-22/h2-8,17,25H,9-12,22H2,1H3/t17-/m1/s1. The SMILES string of the molecule is CC(=O)c1cccc2c1OB(O)[C@@H](CC(=O)Cc1cccc(CN)c1)C2. The lowest BCUT2D eigenvalue weighted by Gasteiger charge is -2.28. The molecular formula is C20H22BNO4. The molecule has 0 saturated carbocycles. The molecule has 6 heteroatoms. The molecule has 134 valence electrons.